The molecule has 2 unspecified atom stereocenters. The monoisotopic (exact) mass is 170 g/mol. The summed E-state index contributed by atoms with van der Waals surface area (Å²) in [6.45, 7) is 6.20. The highest BCUT2D eigenvalue weighted by Gasteiger charge is 2.35. The van der Waals surface area contributed by atoms with Crippen molar-refractivity contribution in [3.05, 3.63) is 0 Å². The molecule has 2 N–H and O–H groups in total. The lowest BCUT2D eigenvalue weighted by molar-refractivity contribution is 0.00712. The van der Waals surface area contributed by atoms with Gasteiger partial charge < -0.3 is 15.4 Å². The average molecular weight is 170 g/mol. The number of hydrogen-bond donors (Lipinski definition) is 2. The predicted octanol–water partition coefficient (Wildman–Crippen LogP) is 0.117. The molecule has 2 rings (SSSR count). The van der Waals surface area contributed by atoms with Crippen LogP contribution in [0.4, 0.5) is 0 Å². The van der Waals surface area contributed by atoms with Crippen LogP contribution in [0.15, 0.2) is 0 Å². The van der Waals surface area contributed by atoms with E-state index in [-0.39, 0.29) is 5.54 Å². The summed E-state index contributed by atoms with van der Waals surface area (Å²) in [5.74, 6) is 0. The SMILES string of the molecule is CC1CNCC2(CCCOC2)N1. The summed E-state index contributed by atoms with van der Waals surface area (Å²) >= 11 is 0. The second kappa shape index (κ2) is 3.32. The van der Waals surface area contributed by atoms with Gasteiger partial charge in [-0.3, -0.25) is 0 Å². The van der Waals surface area contributed by atoms with Crippen molar-refractivity contribution in [1.82, 2.24) is 10.6 Å². The lowest BCUT2D eigenvalue weighted by atomic mass is 9.89. The van der Waals surface area contributed by atoms with E-state index in [2.05, 4.69) is 17.6 Å². The molecule has 0 aromatic rings. The van der Waals surface area contributed by atoms with Gasteiger partial charge in [0.1, 0.15) is 0 Å². The Hall–Kier alpha value is -0.120. The van der Waals surface area contributed by atoms with Crippen LogP contribution in [0.1, 0.15) is 19.8 Å². The molecule has 0 aromatic heterocycles. The van der Waals surface area contributed by atoms with Gasteiger partial charge in [0.05, 0.1) is 12.1 Å². The number of piperazine rings is 1. The minimum atomic E-state index is 0.246. The van der Waals surface area contributed by atoms with Crippen LogP contribution in [0.2, 0.25) is 0 Å². The summed E-state index contributed by atoms with van der Waals surface area (Å²) in [7, 11) is 0. The van der Waals surface area contributed by atoms with Crippen molar-refractivity contribution < 1.29 is 4.74 Å². The van der Waals surface area contributed by atoms with Crippen LogP contribution < -0.4 is 10.6 Å². The molecule has 2 aliphatic rings. The summed E-state index contributed by atoms with van der Waals surface area (Å²) in [5, 5.41) is 7.10. The van der Waals surface area contributed by atoms with Crippen molar-refractivity contribution in [3.8, 4) is 0 Å². The van der Waals surface area contributed by atoms with E-state index in [0.29, 0.717) is 6.04 Å². The second-order valence-corrected chi connectivity index (χ2v) is 4.11. The lowest BCUT2D eigenvalue weighted by Crippen LogP contribution is -2.66. The van der Waals surface area contributed by atoms with E-state index in [1.54, 1.807) is 0 Å². The molecule has 0 aliphatic carbocycles. The lowest BCUT2D eigenvalue weighted by Gasteiger charge is -2.44. The standard InChI is InChI=1S/C9H18N2O/c1-8-5-10-6-9(11-8)3-2-4-12-7-9/h8,10-11H,2-7H2,1H3. The smallest absolute Gasteiger partial charge is 0.0660 e. The zero-order chi connectivity index (χ0) is 8.44. The van der Waals surface area contributed by atoms with Gasteiger partial charge in [0, 0.05) is 25.7 Å². The van der Waals surface area contributed by atoms with E-state index in [4.69, 9.17) is 4.74 Å². The Morgan fingerprint density at radius 2 is 2.42 bits per heavy atom. The highest BCUT2D eigenvalue weighted by atomic mass is 16.5. The molecule has 0 amide bonds. The number of nitrogens with one attached hydrogen (secondary N) is 2. The molecule has 2 aliphatic heterocycles. The first-order chi connectivity index (χ1) is 5.81. The highest BCUT2D eigenvalue weighted by Crippen LogP contribution is 2.20. The Kier molecular flexibility index (Phi) is 2.35. The quantitative estimate of drug-likeness (QED) is 0.541. The maximum Gasteiger partial charge on any atom is 0.0660 e. The number of ether oxygens (including phenoxy) is 1. The molecule has 2 saturated heterocycles. The van der Waals surface area contributed by atoms with Crippen molar-refractivity contribution >= 4 is 0 Å². The summed E-state index contributed by atoms with van der Waals surface area (Å²) < 4.78 is 5.51. The van der Waals surface area contributed by atoms with E-state index < -0.39 is 0 Å². The molecule has 1 spiro atoms. The molecule has 2 fully saturated rings. The third kappa shape index (κ3) is 1.63. The van der Waals surface area contributed by atoms with Gasteiger partial charge in [0.25, 0.3) is 0 Å². The molecular formula is C9H18N2O. The van der Waals surface area contributed by atoms with E-state index in [9.17, 15) is 0 Å². The molecule has 0 bridgehead atoms. The normalized spacial score (nSPS) is 43.2. The summed E-state index contributed by atoms with van der Waals surface area (Å²) in [6.07, 6.45) is 2.45. The fourth-order valence-corrected chi connectivity index (χ4v) is 2.26. The van der Waals surface area contributed by atoms with Crippen LogP contribution in [0.5, 0.6) is 0 Å². The van der Waals surface area contributed by atoms with E-state index in [0.717, 1.165) is 26.3 Å². The van der Waals surface area contributed by atoms with Gasteiger partial charge in [-0.2, -0.15) is 0 Å². The molecule has 2 atom stereocenters. The third-order valence-electron chi connectivity index (χ3n) is 2.79. The Balaban J connectivity index is 1.97. The number of rotatable bonds is 0. The van der Waals surface area contributed by atoms with Crippen LogP contribution in [0.25, 0.3) is 0 Å². The third-order valence-corrected chi connectivity index (χ3v) is 2.79. The van der Waals surface area contributed by atoms with Crippen LogP contribution in [-0.2, 0) is 4.74 Å². The minimum absolute atomic E-state index is 0.246. The molecular weight excluding hydrogens is 152 g/mol. The van der Waals surface area contributed by atoms with Gasteiger partial charge in [0.2, 0.25) is 0 Å². The van der Waals surface area contributed by atoms with Crippen molar-refractivity contribution in [2.45, 2.75) is 31.3 Å². The van der Waals surface area contributed by atoms with Crippen LogP contribution in [0.3, 0.4) is 0 Å². The molecule has 2 heterocycles. The predicted molar refractivity (Wildman–Crippen MR) is 48.3 cm³/mol. The van der Waals surface area contributed by atoms with Crippen LogP contribution in [-0.4, -0.2) is 37.9 Å². The second-order valence-electron chi connectivity index (χ2n) is 4.11. The fraction of sp³-hybridized carbons (Fsp3) is 1.00. The largest absolute Gasteiger partial charge is 0.379 e. The Morgan fingerprint density at radius 3 is 3.08 bits per heavy atom. The first-order valence-corrected chi connectivity index (χ1v) is 4.87. The summed E-state index contributed by atoms with van der Waals surface area (Å²) in [5.41, 5.74) is 0.246. The number of hydrogen-bond acceptors (Lipinski definition) is 3. The van der Waals surface area contributed by atoms with Crippen molar-refractivity contribution in [3.63, 3.8) is 0 Å². The van der Waals surface area contributed by atoms with Gasteiger partial charge in [-0.25, -0.2) is 0 Å². The molecule has 0 radical (unpaired) electrons. The molecule has 70 valence electrons. The summed E-state index contributed by atoms with van der Waals surface area (Å²) in [4.78, 5) is 0. The average Bonchev–Trinajstić information content (AvgIpc) is 2.05. The van der Waals surface area contributed by atoms with E-state index in [1.807, 2.05) is 0 Å². The molecule has 3 nitrogen and oxygen atoms in total. The fourth-order valence-electron chi connectivity index (χ4n) is 2.26. The van der Waals surface area contributed by atoms with Crippen molar-refractivity contribution in [2.75, 3.05) is 26.3 Å². The first kappa shape index (κ1) is 8.48. The zero-order valence-electron chi connectivity index (χ0n) is 7.73. The van der Waals surface area contributed by atoms with Gasteiger partial charge in [0.15, 0.2) is 0 Å². The molecule has 3 heteroatoms. The van der Waals surface area contributed by atoms with Gasteiger partial charge in [-0.15, -0.1) is 0 Å². The van der Waals surface area contributed by atoms with Gasteiger partial charge in [-0.1, -0.05) is 0 Å². The Bertz CT molecular complexity index is 149. The summed E-state index contributed by atoms with van der Waals surface area (Å²) in [6, 6.07) is 0.584. The minimum Gasteiger partial charge on any atom is -0.379 e. The first-order valence-electron chi connectivity index (χ1n) is 4.87. The van der Waals surface area contributed by atoms with Crippen LogP contribution in [0, 0.1) is 0 Å². The maximum absolute atomic E-state index is 5.51. The zero-order valence-corrected chi connectivity index (χ0v) is 7.73. The molecule has 0 saturated carbocycles. The Labute approximate surface area is 73.9 Å². The highest BCUT2D eigenvalue weighted by molar-refractivity contribution is 4.97. The van der Waals surface area contributed by atoms with E-state index in [1.165, 1.54) is 12.8 Å². The van der Waals surface area contributed by atoms with Crippen LogP contribution >= 0.6 is 0 Å². The Morgan fingerprint density at radius 1 is 1.50 bits per heavy atom. The van der Waals surface area contributed by atoms with Gasteiger partial charge >= 0.3 is 0 Å². The van der Waals surface area contributed by atoms with E-state index >= 15 is 0 Å². The molecule has 12 heavy (non-hydrogen) atoms. The van der Waals surface area contributed by atoms with Crippen molar-refractivity contribution in [2.24, 2.45) is 0 Å². The maximum atomic E-state index is 5.51. The molecule has 0 aromatic carbocycles. The topological polar surface area (TPSA) is 33.3 Å². The van der Waals surface area contributed by atoms with Gasteiger partial charge in [-0.05, 0) is 19.8 Å². The van der Waals surface area contributed by atoms with Crippen molar-refractivity contribution in [1.29, 1.82) is 0 Å².